The van der Waals surface area contributed by atoms with Crippen LogP contribution >= 0.6 is 0 Å². The van der Waals surface area contributed by atoms with Crippen LogP contribution in [0.2, 0.25) is 0 Å². The van der Waals surface area contributed by atoms with Crippen LogP contribution in [0.5, 0.6) is 0 Å². The number of nitrogens with zero attached hydrogens (tertiary/aromatic N) is 2. The van der Waals surface area contributed by atoms with Gasteiger partial charge in [0.05, 0.1) is 17.6 Å². The lowest BCUT2D eigenvalue weighted by molar-refractivity contribution is -0.385. The third kappa shape index (κ3) is 4.27. The van der Waals surface area contributed by atoms with Crippen LogP contribution in [0.1, 0.15) is 12.6 Å². The van der Waals surface area contributed by atoms with E-state index in [1.807, 2.05) is 6.92 Å². The molecule has 100 valence electrons. The minimum Gasteiger partial charge on any atom is -0.389 e. The third-order valence-electron chi connectivity index (χ3n) is 2.29. The zero-order valence-electron chi connectivity index (χ0n) is 10.4. The summed E-state index contributed by atoms with van der Waals surface area (Å²) in [5, 5.41) is 23.0. The van der Waals surface area contributed by atoms with Crippen molar-refractivity contribution in [3.63, 3.8) is 0 Å². The number of anilines is 1. The Hall–Kier alpha value is -1.73. The first kappa shape index (κ1) is 14.3. The maximum Gasteiger partial charge on any atom is 0.290 e. The molecule has 1 aromatic rings. The summed E-state index contributed by atoms with van der Waals surface area (Å²) < 4.78 is 5.06. The first-order valence-corrected chi connectivity index (χ1v) is 5.66. The van der Waals surface area contributed by atoms with Crippen molar-refractivity contribution in [2.75, 3.05) is 25.1 Å². The average Bonchev–Trinajstić information content (AvgIpc) is 2.33. The highest BCUT2D eigenvalue weighted by Gasteiger charge is 2.12. The van der Waals surface area contributed by atoms with Crippen molar-refractivity contribution in [3.8, 4) is 0 Å². The molecule has 0 aliphatic carbocycles. The van der Waals surface area contributed by atoms with E-state index in [0.29, 0.717) is 18.1 Å². The largest absolute Gasteiger partial charge is 0.389 e. The molecule has 0 saturated heterocycles. The Morgan fingerprint density at radius 3 is 2.89 bits per heavy atom. The van der Waals surface area contributed by atoms with Crippen molar-refractivity contribution >= 4 is 11.5 Å². The molecule has 0 aliphatic rings. The van der Waals surface area contributed by atoms with Gasteiger partial charge in [0.25, 0.3) is 5.69 Å². The number of nitrogens with one attached hydrogen (secondary N) is 1. The molecule has 0 radical (unpaired) electrons. The molecule has 0 bridgehead atoms. The van der Waals surface area contributed by atoms with Gasteiger partial charge in [-0.25, -0.2) is 4.98 Å². The van der Waals surface area contributed by atoms with Crippen molar-refractivity contribution in [1.82, 2.24) is 4.98 Å². The highest BCUT2D eigenvalue weighted by molar-refractivity contribution is 5.44. The molecule has 18 heavy (non-hydrogen) atoms. The van der Waals surface area contributed by atoms with Crippen LogP contribution in [0.4, 0.5) is 11.5 Å². The summed E-state index contributed by atoms with van der Waals surface area (Å²) in [7, 11) is 0. The molecule has 0 fully saturated rings. The summed E-state index contributed by atoms with van der Waals surface area (Å²) in [6, 6.07) is 2.90. The van der Waals surface area contributed by atoms with Gasteiger partial charge < -0.3 is 15.2 Å². The van der Waals surface area contributed by atoms with Crippen LogP contribution in [0.25, 0.3) is 0 Å². The molecule has 2 N–H and O–H groups in total. The van der Waals surface area contributed by atoms with Crippen molar-refractivity contribution in [2.24, 2.45) is 0 Å². The number of ether oxygens (including phenoxy) is 1. The van der Waals surface area contributed by atoms with E-state index >= 15 is 0 Å². The number of aliphatic hydroxyl groups is 1. The molecule has 0 saturated carbocycles. The molecule has 7 heteroatoms. The lowest BCUT2D eigenvalue weighted by Gasteiger charge is -2.12. The minimum absolute atomic E-state index is 0.0181. The fourth-order valence-electron chi connectivity index (χ4n) is 1.38. The first-order valence-electron chi connectivity index (χ1n) is 5.66. The molecule has 1 aromatic heterocycles. The molecular formula is C11H17N3O4. The number of aryl methyl sites for hydroxylation is 1. The Labute approximate surface area is 105 Å². The Morgan fingerprint density at radius 1 is 1.61 bits per heavy atom. The van der Waals surface area contributed by atoms with Crippen molar-refractivity contribution < 1.29 is 14.8 Å². The van der Waals surface area contributed by atoms with Crippen LogP contribution < -0.4 is 5.32 Å². The van der Waals surface area contributed by atoms with Gasteiger partial charge in [-0.2, -0.15) is 0 Å². The Morgan fingerprint density at radius 2 is 2.33 bits per heavy atom. The van der Waals surface area contributed by atoms with Gasteiger partial charge in [0.2, 0.25) is 0 Å². The lowest BCUT2D eigenvalue weighted by atomic mass is 10.3. The Kier molecular flexibility index (Phi) is 5.47. The van der Waals surface area contributed by atoms with E-state index in [-0.39, 0.29) is 18.8 Å². The number of nitro groups is 1. The highest BCUT2D eigenvalue weighted by Crippen LogP contribution is 2.17. The molecular weight excluding hydrogens is 238 g/mol. The third-order valence-corrected chi connectivity index (χ3v) is 2.29. The highest BCUT2D eigenvalue weighted by atomic mass is 16.6. The van der Waals surface area contributed by atoms with E-state index in [2.05, 4.69) is 10.3 Å². The van der Waals surface area contributed by atoms with Crippen molar-refractivity contribution in [2.45, 2.75) is 20.0 Å². The number of aliphatic hydroxyl groups excluding tert-OH is 1. The molecule has 0 aliphatic heterocycles. The van der Waals surface area contributed by atoms with E-state index in [4.69, 9.17) is 4.74 Å². The number of hydrogen-bond donors (Lipinski definition) is 2. The topological polar surface area (TPSA) is 97.5 Å². The summed E-state index contributed by atoms with van der Waals surface area (Å²) in [4.78, 5) is 14.2. The van der Waals surface area contributed by atoms with E-state index in [1.54, 1.807) is 6.92 Å². The zero-order valence-corrected chi connectivity index (χ0v) is 10.4. The Bertz CT molecular complexity index is 411. The van der Waals surface area contributed by atoms with Gasteiger partial charge in [0, 0.05) is 19.2 Å². The second-order valence-electron chi connectivity index (χ2n) is 3.75. The monoisotopic (exact) mass is 255 g/mol. The number of rotatable bonds is 7. The fraction of sp³-hybridized carbons (Fsp3) is 0.545. The van der Waals surface area contributed by atoms with Gasteiger partial charge in [0.15, 0.2) is 0 Å². The SMILES string of the molecule is CCOC[C@@H](O)CNc1ccc([N+](=O)[O-])c(C)n1. The smallest absolute Gasteiger partial charge is 0.290 e. The number of aromatic nitrogens is 1. The van der Waals surface area contributed by atoms with Crippen LogP contribution in [0.3, 0.4) is 0 Å². The molecule has 1 rings (SSSR count). The molecule has 7 nitrogen and oxygen atoms in total. The van der Waals surface area contributed by atoms with Gasteiger partial charge in [-0.15, -0.1) is 0 Å². The lowest BCUT2D eigenvalue weighted by Crippen LogP contribution is -2.25. The summed E-state index contributed by atoms with van der Waals surface area (Å²) in [6.07, 6.45) is -0.637. The maximum absolute atomic E-state index is 10.6. The van der Waals surface area contributed by atoms with Gasteiger partial charge >= 0.3 is 0 Å². The predicted octanol–water partition coefficient (Wildman–Crippen LogP) is 1.11. The summed E-state index contributed by atoms with van der Waals surface area (Å²) in [5.41, 5.74) is 0.319. The van der Waals surface area contributed by atoms with Crippen LogP contribution in [-0.2, 0) is 4.74 Å². The van der Waals surface area contributed by atoms with Crippen LogP contribution in [0.15, 0.2) is 12.1 Å². The van der Waals surface area contributed by atoms with Crippen LogP contribution in [0, 0.1) is 17.0 Å². The van der Waals surface area contributed by atoms with E-state index in [0.717, 1.165) is 0 Å². The van der Waals surface area contributed by atoms with Crippen molar-refractivity contribution in [3.05, 3.63) is 27.9 Å². The molecule has 0 amide bonds. The Balaban J connectivity index is 2.53. The number of pyridine rings is 1. The zero-order chi connectivity index (χ0) is 13.5. The summed E-state index contributed by atoms with van der Waals surface area (Å²) in [6.45, 7) is 4.49. The molecule has 0 spiro atoms. The van der Waals surface area contributed by atoms with E-state index in [9.17, 15) is 15.2 Å². The van der Waals surface area contributed by atoms with Gasteiger partial charge in [0.1, 0.15) is 11.5 Å². The maximum atomic E-state index is 10.6. The normalized spacial score (nSPS) is 12.2. The van der Waals surface area contributed by atoms with Gasteiger partial charge in [-0.3, -0.25) is 10.1 Å². The second kappa shape index (κ2) is 6.87. The molecule has 0 aromatic carbocycles. The fourth-order valence-corrected chi connectivity index (χ4v) is 1.38. The molecule has 1 atom stereocenters. The minimum atomic E-state index is -0.637. The molecule has 1 heterocycles. The average molecular weight is 255 g/mol. The number of hydrogen-bond acceptors (Lipinski definition) is 6. The van der Waals surface area contributed by atoms with E-state index < -0.39 is 11.0 Å². The van der Waals surface area contributed by atoms with Gasteiger partial charge in [-0.1, -0.05) is 0 Å². The quantitative estimate of drug-likeness (QED) is 0.559. The first-order chi connectivity index (χ1) is 8.54. The summed E-state index contributed by atoms with van der Waals surface area (Å²) in [5.74, 6) is 0.494. The predicted molar refractivity (Wildman–Crippen MR) is 66.6 cm³/mol. The van der Waals surface area contributed by atoms with Crippen LogP contribution in [-0.4, -0.2) is 40.9 Å². The summed E-state index contributed by atoms with van der Waals surface area (Å²) >= 11 is 0. The standard InChI is InChI=1S/C11H17N3O4/c1-3-18-7-9(15)6-12-11-5-4-10(14(16)17)8(2)13-11/h4-5,9,15H,3,6-7H2,1-2H3,(H,12,13)/t9-/m0/s1. The van der Waals surface area contributed by atoms with Gasteiger partial charge in [-0.05, 0) is 19.9 Å². The molecule has 0 unspecified atom stereocenters. The second-order valence-corrected chi connectivity index (χ2v) is 3.75. The van der Waals surface area contributed by atoms with Crippen molar-refractivity contribution in [1.29, 1.82) is 0 Å². The van der Waals surface area contributed by atoms with E-state index in [1.165, 1.54) is 12.1 Å².